The molecule has 0 amide bonds. The molecule has 2 atom stereocenters. The fourth-order valence-corrected chi connectivity index (χ4v) is 2.49. The smallest absolute Gasteiger partial charge is 0.309 e. The molecule has 1 aliphatic heterocycles. The highest BCUT2D eigenvalue weighted by Crippen LogP contribution is 2.23. The number of hydrogen-bond donors (Lipinski definition) is 1. The average molecular weight is 317 g/mol. The van der Waals surface area contributed by atoms with Gasteiger partial charge in [-0.05, 0) is 36.4 Å². The summed E-state index contributed by atoms with van der Waals surface area (Å²) < 4.78 is 19.8. The zero-order valence-electron chi connectivity index (χ0n) is 12.5. The Morgan fingerprint density at radius 1 is 1.39 bits per heavy atom. The lowest BCUT2D eigenvalue weighted by Crippen LogP contribution is -2.31. The molecule has 0 bridgehead atoms. The van der Waals surface area contributed by atoms with Crippen LogP contribution in [0.4, 0.5) is 4.39 Å². The van der Waals surface area contributed by atoms with Crippen molar-refractivity contribution in [3.63, 3.8) is 0 Å². The van der Waals surface area contributed by atoms with Crippen molar-refractivity contribution in [3.8, 4) is 11.3 Å². The molecule has 0 radical (unpaired) electrons. The van der Waals surface area contributed by atoms with Crippen molar-refractivity contribution in [2.24, 2.45) is 7.05 Å². The second-order valence-electron chi connectivity index (χ2n) is 5.43. The van der Waals surface area contributed by atoms with Crippen molar-refractivity contribution < 1.29 is 19.0 Å². The van der Waals surface area contributed by atoms with Gasteiger partial charge < -0.3 is 9.84 Å². The zero-order valence-corrected chi connectivity index (χ0v) is 12.5. The highest BCUT2D eigenvalue weighted by atomic mass is 19.1. The number of esters is 1. The van der Waals surface area contributed by atoms with Gasteiger partial charge in [-0.15, -0.1) is 5.10 Å². The summed E-state index contributed by atoms with van der Waals surface area (Å²) in [6, 6.07) is 5.97. The van der Waals surface area contributed by atoms with E-state index in [2.05, 4.69) is 10.3 Å². The molecule has 7 heteroatoms. The van der Waals surface area contributed by atoms with Gasteiger partial charge in [0.25, 0.3) is 0 Å². The van der Waals surface area contributed by atoms with Crippen LogP contribution in [0.5, 0.6) is 0 Å². The molecule has 2 heterocycles. The normalized spacial score (nSPS) is 21.6. The van der Waals surface area contributed by atoms with E-state index in [0.717, 1.165) is 5.56 Å². The third kappa shape index (κ3) is 3.45. The van der Waals surface area contributed by atoms with Crippen molar-refractivity contribution in [2.45, 2.75) is 25.0 Å². The minimum absolute atomic E-state index is 0.0262. The van der Waals surface area contributed by atoms with E-state index in [0.29, 0.717) is 17.8 Å². The Hall–Kier alpha value is -2.54. The highest BCUT2D eigenvalue weighted by Gasteiger charge is 2.25. The lowest BCUT2D eigenvalue weighted by atomic mass is 10.0. The molecule has 1 saturated heterocycles. The van der Waals surface area contributed by atoms with Crippen LogP contribution in [0.15, 0.2) is 30.3 Å². The molecule has 1 aromatic heterocycles. The summed E-state index contributed by atoms with van der Waals surface area (Å²) in [5, 5.41) is 17.7. The van der Waals surface area contributed by atoms with Crippen LogP contribution in [0.1, 0.15) is 18.5 Å². The first kappa shape index (κ1) is 15.4. The largest absolute Gasteiger partial charge is 0.458 e. The van der Waals surface area contributed by atoms with Crippen molar-refractivity contribution >= 4 is 12.0 Å². The maximum Gasteiger partial charge on any atom is 0.309 e. The van der Waals surface area contributed by atoms with Gasteiger partial charge in [-0.3, -0.25) is 4.79 Å². The summed E-state index contributed by atoms with van der Waals surface area (Å²) in [6.07, 6.45) is 2.66. The molecule has 0 aliphatic carbocycles. The number of aryl methyl sites for hydroxylation is 1. The predicted molar refractivity (Wildman–Crippen MR) is 80.6 cm³/mol. The van der Waals surface area contributed by atoms with Crippen LogP contribution in [-0.2, 0) is 16.6 Å². The average Bonchev–Trinajstić information content (AvgIpc) is 2.86. The highest BCUT2D eigenvalue weighted by molar-refractivity contribution is 5.72. The molecule has 120 valence electrons. The monoisotopic (exact) mass is 317 g/mol. The number of carbonyl (C=O) groups is 1. The van der Waals surface area contributed by atoms with E-state index in [9.17, 15) is 14.3 Å². The number of halogens is 1. The summed E-state index contributed by atoms with van der Waals surface area (Å²) in [7, 11) is 1.74. The molecular formula is C16H16FN3O3. The number of rotatable bonds is 3. The SMILES string of the molecule is Cn1nnc(-c2ccc(F)cc2)c1C=CC1CC(O)CC(=O)O1. The first-order valence-corrected chi connectivity index (χ1v) is 7.24. The summed E-state index contributed by atoms with van der Waals surface area (Å²) in [6.45, 7) is 0. The predicted octanol–water partition coefficient (Wildman–Crippen LogP) is 1.70. The van der Waals surface area contributed by atoms with Crippen LogP contribution in [0.25, 0.3) is 17.3 Å². The van der Waals surface area contributed by atoms with Crippen molar-refractivity contribution in [1.82, 2.24) is 15.0 Å². The van der Waals surface area contributed by atoms with Crippen LogP contribution >= 0.6 is 0 Å². The first-order chi connectivity index (χ1) is 11.0. The van der Waals surface area contributed by atoms with E-state index >= 15 is 0 Å². The maximum atomic E-state index is 13.0. The number of nitrogens with zero attached hydrogens (tertiary/aromatic N) is 3. The van der Waals surface area contributed by atoms with E-state index in [1.54, 1.807) is 36.0 Å². The number of hydrogen-bond acceptors (Lipinski definition) is 5. The Kier molecular flexibility index (Phi) is 4.20. The van der Waals surface area contributed by atoms with Crippen molar-refractivity contribution in [3.05, 3.63) is 41.9 Å². The van der Waals surface area contributed by atoms with E-state index in [-0.39, 0.29) is 12.2 Å². The summed E-state index contributed by atoms with van der Waals surface area (Å²) >= 11 is 0. The molecule has 1 aromatic carbocycles. The van der Waals surface area contributed by atoms with E-state index in [1.807, 2.05) is 0 Å². The second kappa shape index (κ2) is 6.29. The van der Waals surface area contributed by atoms with Gasteiger partial charge in [0.15, 0.2) is 0 Å². The quantitative estimate of drug-likeness (QED) is 0.872. The number of aliphatic hydroxyl groups is 1. The Morgan fingerprint density at radius 2 is 2.13 bits per heavy atom. The van der Waals surface area contributed by atoms with Crippen molar-refractivity contribution in [1.29, 1.82) is 0 Å². The van der Waals surface area contributed by atoms with Crippen molar-refractivity contribution in [2.75, 3.05) is 0 Å². The van der Waals surface area contributed by atoms with Crippen LogP contribution in [0.2, 0.25) is 0 Å². The molecule has 1 N–H and O–H groups in total. The minimum Gasteiger partial charge on any atom is -0.458 e. The van der Waals surface area contributed by atoms with E-state index in [1.165, 1.54) is 12.1 Å². The van der Waals surface area contributed by atoms with Crippen LogP contribution in [0.3, 0.4) is 0 Å². The fourth-order valence-electron chi connectivity index (χ4n) is 2.49. The molecule has 3 rings (SSSR count). The van der Waals surface area contributed by atoms with Gasteiger partial charge in [0.2, 0.25) is 0 Å². The molecule has 1 aliphatic rings. The van der Waals surface area contributed by atoms with Gasteiger partial charge in [-0.1, -0.05) is 5.21 Å². The third-order valence-electron chi connectivity index (χ3n) is 3.65. The Labute approximate surface area is 132 Å². The van der Waals surface area contributed by atoms with E-state index < -0.39 is 18.2 Å². The van der Waals surface area contributed by atoms with E-state index in [4.69, 9.17) is 4.74 Å². The zero-order chi connectivity index (χ0) is 16.4. The Balaban J connectivity index is 1.85. The lowest BCUT2D eigenvalue weighted by molar-refractivity contribution is -0.156. The van der Waals surface area contributed by atoms with Gasteiger partial charge >= 0.3 is 5.97 Å². The molecule has 2 aromatic rings. The van der Waals surface area contributed by atoms with Gasteiger partial charge in [0.1, 0.15) is 17.6 Å². The van der Waals surface area contributed by atoms with Crippen LogP contribution in [0, 0.1) is 5.82 Å². The summed E-state index contributed by atoms with van der Waals surface area (Å²) in [5.41, 5.74) is 2.04. The van der Waals surface area contributed by atoms with Gasteiger partial charge in [-0.25, -0.2) is 9.07 Å². The molecule has 2 unspecified atom stereocenters. The van der Waals surface area contributed by atoms with Crippen LogP contribution in [-0.4, -0.2) is 38.3 Å². The number of aliphatic hydroxyl groups excluding tert-OH is 1. The molecule has 23 heavy (non-hydrogen) atoms. The molecule has 0 spiro atoms. The Morgan fingerprint density at radius 3 is 2.83 bits per heavy atom. The number of carbonyl (C=O) groups excluding carboxylic acids is 1. The maximum absolute atomic E-state index is 13.0. The summed E-state index contributed by atoms with van der Waals surface area (Å²) in [5.74, 6) is -0.738. The topological polar surface area (TPSA) is 77.2 Å². The number of aromatic nitrogens is 3. The van der Waals surface area contributed by atoms with Gasteiger partial charge in [-0.2, -0.15) is 0 Å². The Bertz CT molecular complexity index is 740. The lowest BCUT2D eigenvalue weighted by Gasteiger charge is -2.23. The fraction of sp³-hybridized carbons (Fsp3) is 0.312. The summed E-state index contributed by atoms with van der Waals surface area (Å²) in [4.78, 5) is 11.4. The first-order valence-electron chi connectivity index (χ1n) is 7.24. The minimum atomic E-state index is -0.688. The molecule has 1 fully saturated rings. The number of benzene rings is 1. The molecule has 6 nitrogen and oxygen atoms in total. The standard InChI is InChI=1S/C16H16FN3O3/c1-20-14(7-6-13-8-12(21)9-15(22)23-13)16(18-19-20)10-2-4-11(17)5-3-10/h2-7,12-13,21H,8-9H2,1H3. The second-order valence-corrected chi connectivity index (χ2v) is 5.43. The number of ether oxygens (including phenoxy) is 1. The van der Waals surface area contributed by atoms with Gasteiger partial charge in [0, 0.05) is 19.0 Å². The molecule has 0 saturated carbocycles. The third-order valence-corrected chi connectivity index (χ3v) is 3.65. The number of cyclic esters (lactones) is 1. The van der Waals surface area contributed by atoms with Crippen LogP contribution < -0.4 is 0 Å². The molecular weight excluding hydrogens is 301 g/mol. The van der Waals surface area contributed by atoms with Gasteiger partial charge in [0.05, 0.1) is 18.2 Å².